The van der Waals surface area contributed by atoms with E-state index in [-0.39, 0.29) is 10.6 Å². The molecule has 0 saturated heterocycles. The van der Waals surface area contributed by atoms with Crippen LogP contribution in [0.15, 0.2) is 42.5 Å². The summed E-state index contributed by atoms with van der Waals surface area (Å²) in [4.78, 5) is 10.5. The van der Waals surface area contributed by atoms with Gasteiger partial charge in [0.25, 0.3) is 5.69 Å². The lowest BCUT2D eigenvalue weighted by atomic mass is 10.1. The molecule has 102 valence electrons. The first kappa shape index (κ1) is 12.6. The fraction of sp³-hybridized carbons (Fsp3) is 0.200. The van der Waals surface area contributed by atoms with Gasteiger partial charge in [-0.1, -0.05) is 18.2 Å². The molecule has 1 N–H and O–H groups in total. The molecule has 3 aromatic rings. The number of nitrogens with zero attached hydrogens (tertiary/aromatic N) is 2. The lowest BCUT2D eigenvalue weighted by Gasteiger charge is -2.09. The summed E-state index contributed by atoms with van der Waals surface area (Å²) in [6.07, 6.45) is -0.482. The third kappa shape index (κ3) is 1.92. The van der Waals surface area contributed by atoms with Crippen molar-refractivity contribution in [2.45, 2.75) is 19.6 Å². The van der Waals surface area contributed by atoms with Crippen molar-refractivity contribution in [1.82, 2.24) is 4.57 Å². The molecule has 1 aromatic heterocycles. The molecule has 0 aliphatic heterocycles. The number of para-hydroxylation sites is 1. The van der Waals surface area contributed by atoms with Gasteiger partial charge < -0.3 is 9.67 Å². The summed E-state index contributed by atoms with van der Waals surface area (Å²) in [5.41, 5.74) is 1.96. The molecule has 0 spiro atoms. The summed E-state index contributed by atoms with van der Waals surface area (Å²) in [6, 6.07) is 12.6. The molecule has 0 saturated carbocycles. The number of aromatic nitrogens is 1. The number of fused-ring (bicyclic) bond motifs is 3. The number of non-ortho nitro benzene ring substituents is 1. The second kappa shape index (κ2) is 4.61. The van der Waals surface area contributed by atoms with E-state index in [0.717, 1.165) is 21.8 Å². The first-order valence-corrected chi connectivity index (χ1v) is 6.41. The normalized spacial score (nSPS) is 12.9. The van der Waals surface area contributed by atoms with Crippen molar-refractivity contribution in [1.29, 1.82) is 0 Å². The highest BCUT2D eigenvalue weighted by Crippen LogP contribution is 2.31. The number of benzene rings is 2. The molecule has 0 radical (unpaired) electrons. The highest BCUT2D eigenvalue weighted by molar-refractivity contribution is 6.08. The van der Waals surface area contributed by atoms with Crippen LogP contribution in [0.1, 0.15) is 6.92 Å². The summed E-state index contributed by atoms with van der Waals surface area (Å²) < 4.78 is 2.00. The highest BCUT2D eigenvalue weighted by Gasteiger charge is 2.15. The second-order valence-electron chi connectivity index (χ2n) is 4.94. The van der Waals surface area contributed by atoms with Crippen LogP contribution in [0.5, 0.6) is 0 Å². The van der Waals surface area contributed by atoms with E-state index in [0.29, 0.717) is 6.54 Å². The van der Waals surface area contributed by atoms with Gasteiger partial charge in [0.2, 0.25) is 0 Å². The van der Waals surface area contributed by atoms with Crippen LogP contribution in [0, 0.1) is 10.1 Å². The van der Waals surface area contributed by atoms with Crippen molar-refractivity contribution in [3.63, 3.8) is 0 Å². The number of hydrogen-bond acceptors (Lipinski definition) is 3. The van der Waals surface area contributed by atoms with E-state index in [1.807, 2.05) is 28.8 Å². The van der Waals surface area contributed by atoms with Gasteiger partial charge in [-0.3, -0.25) is 10.1 Å². The molecule has 1 atom stereocenters. The predicted octanol–water partition coefficient (Wildman–Crippen LogP) is 3.08. The molecule has 5 nitrogen and oxygen atoms in total. The van der Waals surface area contributed by atoms with Gasteiger partial charge >= 0.3 is 0 Å². The van der Waals surface area contributed by atoms with E-state index >= 15 is 0 Å². The zero-order valence-electron chi connectivity index (χ0n) is 11.0. The van der Waals surface area contributed by atoms with Crippen LogP contribution in [-0.4, -0.2) is 20.7 Å². The molecule has 3 rings (SSSR count). The van der Waals surface area contributed by atoms with Gasteiger partial charge in [0.15, 0.2) is 0 Å². The van der Waals surface area contributed by atoms with Gasteiger partial charge in [0.05, 0.1) is 11.0 Å². The van der Waals surface area contributed by atoms with Crippen molar-refractivity contribution in [2.75, 3.05) is 0 Å². The molecular weight excluding hydrogens is 256 g/mol. The fourth-order valence-electron chi connectivity index (χ4n) is 2.62. The van der Waals surface area contributed by atoms with Crippen LogP contribution in [0.4, 0.5) is 5.69 Å². The standard InChI is InChI=1S/C15H14N2O3/c1-10(18)9-16-14-5-3-2-4-12(14)13-8-11(17(19)20)6-7-15(13)16/h2-8,10,18H,9H2,1H3. The smallest absolute Gasteiger partial charge is 0.270 e. The minimum atomic E-state index is -0.482. The largest absolute Gasteiger partial charge is 0.392 e. The van der Waals surface area contributed by atoms with E-state index in [1.165, 1.54) is 6.07 Å². The Balaban J connectivity index is 2.38. The lowest BCUT2D eigenvalue weighted by molar-refractivity contribution is -0.384. The Bertz CT molecular complexity index is 805. The van der Waals surface area contributed by atoms with Crippen LogP contribution in [0.2, 0.25) is 0 Å². The third-order valence-electron chi connectivity index (χ3n) is 3.41. The van der Waals surface area contributed by atoms with Crippen LogP contribution in [-0.2, 0) is 6.54 Å². The molecule has 5 heteroatoms. The second-order valence-corrected chi connectivity index (χ2v) is 4.94. The molecular formula is C15H14N2O3. The fourth-order valence-corrected chi connectivity index (χ4v) is 2.62. The SMILES string of the molecule is CC(O)Cn1c2ccccc2c2cc([N+](=O)[O-])ccc21. The van der Waals surface area contributed by atoms with Gasteiger partial charge in [-0.2, -0.15) is 0 Å². The maximum absolute atomic E-state index is 10.9. The molecule has 0 aliphatic rings. The number of rotatable bonds is 3. The Morgan fingerprint density at radius 2 is 1.90 bits per heavy atom. The average molecular weight is 270 g/mol. The molecule has 1 unspecified atom stereocenters. The zero-order chi connectivity index (χ0) is 14.3. The van der Waals surface area contributed by atoms with E-state index in [4.69, 9.17) is 0 Å². The van der Waals surface area contributed by atoms with Crippen LogP contribution in [0.3, 0.4) is 0 Å². The summed E-state index contributed by atoms with van der Waals surface area (Å²) >= 11 is 0. The Kier molecular flexibility index (Phi) is 2.91. The zero-order valence-corrected chi connectivity index (χ0v) is 11.0. The highest BCUT2D eigenvalue weighted by atomic mass is 16.6. The number of hydrogen-bond donors (Lipinski definition) is 1. The van der Waals surface area contributed by atoms with E-state index in [9.17, 15) is 15.2 Å². The van der Waals surface area contributed by atoms with Crippen LogP contribution in [0.25, 0.3) is 21.8 Å². The van der Waals surface area contributed by atoms with Crippen molar-refractivity contribution < 1.29 is 10.0 Å². The predicted molar refractivity (Wildman–Crippen MR) is 77.8 cm³/mol. The molecule has 1 heterocycles. The topological polar surface area (TPSA) is 68.3 Å². The van der Waals surface area contributed by atoms with Gasteiger partial charge in [-0.25, -0.2) is 0 Å². The number of aliphatic hydroxyl groups is 1. The van der Waals surface area contributed by atoms with Crippen molar-refractivity contribution >= 4 is 27.5 Å². The number of nitro benzene ring substituents is 1. The van der Waals surface area contributed by atoms with Crippen molar-refractivity contribution in [3.05, 3.63) is 52.6 Å². The van der Waals surface area contributed by atoms with E-state index in [2.05, 4.69) is 0 Å². The van der Waals surface area contributed by atoms with E-state index < -0.39 is 6.10 Å². The van der Waals surface area contributed by atoms with Gasteiger partial charge in [-0.05, 0) is 19.1 Å². The number of nitro groups is 1. The first-order valence-electron chi connectivity index (χ1n) is 6.41. The molecule has 0 aliphatic carbocycles. The van der Waals surface area contributed by atoms with Crippen LogP contribution >= 0.6 is 0 Å². The monoisotopic (exact) mass is 270 g/mol. The minimum Gasteiger partial charge on any atom is -0.392 e. The Morgan fingerprint density at radius 1 is 1.20 bits per heavy atom. The van der Waals surface area contributed by atoms with Gasteiger partial charge in [0, 0.05) is 40.5 Å². The summed E-state index contributed by atoms with van der Waals surface area (Å²) in [5.74, 6) is 0. The summed E-state index contributed by atoms with van der Waals surface area (Å²) in [5, 5.41) is 22.4. The van der Waals surface area contributed by atoms with Crippen molar-refractivity contribution in [3.8, 4) is 0 Å². The third-order valence-corrected chi connectivity index (χ3v) is 3.41. The quantitative estimate of drug-likeness (QED) is 0.587. The summed E-state index contributed by atoms with van der Waals surface area (Å²) in [6.45, 7) is 2.19. The molecule has 0 bridgehead atoms. The Hall–Kier alpha value is -2.40. The average Bonchev–Trinajstić information content (AvgIpc) is 2.73. The molecule has 0 amide bonds. The number of aliphatic hydroxyl groups excluding tert-OH is 1. The van der Waals surface area contributed by atoms with Gasteiger partial charge in [0.1, 0.15) is 0 Å². The Morgan fingerprint density at radius 3 is 2.60 bits per heavy atom. The molecule has 2 aromatic carbocycles. The Labute approximate surface area is 115 Å². The maximum Gasteiger partial charge on any atom is 0.270 e. The minimum absolute atomic E-state index is 0.0810. The first-order chi connectivity index (χ1) is 9.58. The van der Waals surface area contributed by atoms with Crippen molar-refractivity contribution in [2.24, 2.45) is 0 Å². The maximum atomic E-state index is 10.9. The molecule has 0 fully saturated rings. The summed E-state index contributed by atoms with van der Waals surface area (Å²) in [7, 11) is 0. The van der Waals surface area contributed by atoms with Crippen LogP contribution < -0.4 is 0 Å². The van der Waals surface area contributed by atoms with E-state index in [1.54, 1.807) is 19.1 Å². The lowest BCUT2D eigenvalue weighted by Crippen LogP contribution is -2.11. The molecule has 20 heavy (non-hydrogen) atoms. The van der Waals surface area contributed by atoms with Gasteiger partial charge in [-0.15, -0.1) is 0 Å².